The van der Waals surface area contributed by atoms with Gasteiger partial charge in [0, 0.05) is 0 Å². The summed E-state index contributed by atoms with van der Waals surface area (Å²) in [5.74, 6) is 1.23. The van der Waals surface area contributed by atoms with Crippen LogP contribution in [0.15, 0.2) is 48.8 Å². The van der Waals surface area contributed by atoms with Crippen molar-refractivity contribution in [3.63, 3.8) is 0 Å². The van der Waals surface area contributed by atoms with Gasteiger partial charge in [0.25, 0.3) is 0 Å². The fourth-order valence-electron chi connectivity index (χ4n) is 1.55. The van der Waals surface area contributed by atoms with Crippen LogP contribution in [0.3, 0.4) is 0 Å². The van der Waals surface area contributed by atoms with E-state index in [-0.39, 0.29) is 0 Å². The minimum atomic E-state index is 0.567. The van der Waals surface area contributed by atoms with Gasteiger partial charge in [0.05, 0.1) is 5.02 Å². The Bertz CT molecular complexity index is 665. The quantitative estimate of drug-likeness (QED) is 0.696. The van der Waals surface area contributed by atoms with Crippen LogP contribution in [-0.4, -0.2) is 14.6 Å². The standard InChI is InChI=1S/C12H8ClN3O/c13-9-4-1-2-5-10(9)17-12-7-3-6-11-15-14-8-16(11)12/h1-8H. The van der Waals surface area contributed by atoms with Crippen molar-refractivity contribution in [2.45, 2.75) is 0 Å². The van der Waals surface area contributed by atoms with Gasteiger partial charge in [-0.1, -0.05) is 29.8 Å². The van der Waals surface area contributed by atoms with Crippen molar-refractivity contribution >= 4 is 17.2 Å². The molecule has 84 valence electrons. The Labute approximate surface area is 102 Å². The first-order valence-corrected chi connectivity index (χ1v) is 5.43. The van der Waals surface area contributed by atoms with E-state index in [9.17, 15) is 0 Å². The predicted octanol–water partition coefficient (Wildman–Crippen LogP) is 3.18. The van der Waals surface area contributed by atoms with Gasteiger partial charge in [-0.3, -0.25) is 4.40 Å². The van der Waals surface area contributed by atoms with Crippen LogP contribution >= 0.6 is 11.6 Å². The van der Waals surface area contributed by atoms with Crippen LogP contribution in [0.25, 0.3) is 5.65 Å². The number of pyridine rings is 1. The molecular weight excluding hydrogens is 238 g/mol. The number of ether oxygens (including phenoxy) is 1. The van der Waals surface area contributed by atoms with Gasteiger partial charge in [0.2, 0.25) is 5.88 Å². The first-order valence-electron chi connectivity index (χ1n) is 5.06. The molecule has 17 heavy (non-hydrogen) atoms. The van der Waals surface area contributed by atoms with Gasteiger partial charge in [-0.25, -0.2) is 0 Å². The van der Waals surface area contributed by atoms with E-state index in [0.29, 0.717) is 16.7 Å². The predicted molar refractivity (Wildman–Crippen MR) is 64.5 cm³/mol. The van der Waals surface area contributed by atoms with Crippen LogP contribution in [0.5, 0.6) is 11.6 Å². The second-order valence-electron chi connectivity index (χ2n) is 3.46. The van der Waals surface area contributed by atoms with E-state index in [4.69, 9.17) is 16.3 Å². The van der Waals surface area contributed by atoms with Crippen molar-refractivity contribution in [2.24, 2.45) is 0 Å². The first-order chi connectivity index (χ1) is 8.34. The Morgan fingerprint density at radius 1 is 1.06 bits per heavy atom. The second kappa shape index (κ2) is 4.07. The molecule has 0 fully saturated rings. The molecule has 0 saturated carbocycles. The Balaban J connectivity index is 2.06. The molecule has 1 aromatic carbocycles. The van der Waals surface area contributed by atoms with Crippen molar-refractivity contribution in [1.29, 1.82) is 0 Å². The normalized spacial score (nSPS) is 10.6. The molecule has 0 aliphatic rings. The lowest BCUT2D eigenvalue weighted by molar-refractivity contribution is 0.456. The van der Waals surface area contributed by atoms with E-state index >= 15 is 0 Å². The molecule has 5 heteroatoms. The molecule has 0 atom stereocenters. The van der Waals surface area contributed by atoms with Crippen LogP contribution in [0.1, 0.15) is 0 Å². The maximum atomic E-state index is 6.03. The number of nitrogens with zero attached hydrogens (tertiary/aromatic N) is 3. The number of benzene rings is 1. The van der Waals surface area contributed by atoms with Crippen LogP contribution in [-0.2, 0) is 0 Å². The number of para-hydroxylation sites is 1. The fourth-order valence-corrected chi connectivity index (χ4v) is 1.72. The smallest absolute Gasteiger partial charge is 0.207 e. The monoisotopic (exact) mass is 245 g/mol. The summed E-state index contributed by atoms with van der Waals surface area (Å²) < 4.78 is 7.49. The third kappa shape index (κ3) is 1.83. The Morgan fingerprint density at radius 2 is 1.94 bits per heavy atom. The van der Waals surface area contributed by atoms with Gasteiger partial charge in [-0.2, -0.15) is 0 Å². The number of hydrogen-bond donors (Lipinski definition) is 0. The highest BCUT2D eigenvalue weighted by Gasteiger charge is 2.05. The lowest BCUT2D eigenvalue weighted by Crippen LogP contribution is -1.92. The molecular formula is C12H8ClN3O. The van der Waals surface area contributed by atoms with Gasteiger partial charge in [-0.05, 0) is 24.3 Å². The zero-order chi connectivity index (χ0) is 11.7. The number of aromatic nitrogens is 3. The third-order valence-electron chi connectivity index (χ3n) is 2.35. The second-order valence-corrected chi connectivity index (χ2v) is 3.86. The lowest BCUT2D eigenvalue weighted by Gasteiger charge is -2.08. The van der Waals surface area contributed by atoms with Crippen LogP contribution in [0.4, 0.5) is 0 Å². The molecule has 3 rings (SSSR count). The molecule has 0 radical (unpaired) electrons. The van der Waals surface area contributed by atoms with Gasteiger partial charge in [0.1, 0.15) is 12.1 Å². The van der Waals surface area contributed by atoms with E-state index in [2.05, 4.69) is 10.2 Å². The average Bonchev–Trinajstić information content (AvgIpc) is 2.81. The molecule has 0 unspecified atom stereocenters. The average molecular weight is 246 g/mol. The molecule has 0 spiro atoms. The van der Waals surface area contributed by atoms with E-state index in [1.807, 2.05) is 36.4 Å². The highest BCUT2D eigenvalue weighted by atomic mass is 35.5. The topological polar surface area (TPSA) is 39.4 Å². The van der Waals surface area contributed by atoms with Gasteiger partial charge in [-0.15, -0.1) is 10.2 Å². The van der Waals surface area contributed by atoms with Gasteiger partial charge >= 0.3 is 0 Å². The highest BCUT2D eigenvalue weighted by Crippen LogP contribution is 2.28. The van der Waals surface area contributed by atoms with E-state index in [1.54, 1.807) is 16.8 Å². The number of hydrogen-bond acceptors (Lipinski definition) is 3. The number of fused-ring (bicyclic) bond motifs is 1. The minimum absolute atomic E-state index is 0.567. The maximum absolute atomic E-state index is 6.03. The van der Waals surface area contributed by atoms with Crippen molar-refractivity contribution < 1.29 is 4.74 Å². The molecule has 0 aliphatic carbocycles. The Morgan fingerprint density at radius 3 is 2.82 bits per heavy atom. The van der Waals surface area contributed by atoms with Crippen LogP contribution < -0.4 is 4.74 Å². The van der Waals surface area contributed by atoms with Crippen molar-refractivity contribution in [3.8, 4) is 11.6 Å². The molecule has 0 bridgehead atoms. The molecule has 0 saturated heterocycles. The van der Waals surface area contributed by atoms with E-state index in [1.165, 1.54) is 0 Å². The van der Waals surface area contributed by atoms with Gasteiger partial charge < -0.3 is 4.74 Å². The summed E-state index contributed by atoms with van der Waals surface area (Å²) in [6, 6.07) is 12.9. The van der Waals surface area contributed by atoms with Crippen molar-refractivity contribution in [2.75, 3.05) is 0 Å². The molecule has 0 amide bonds. The molecule has 0 N–H and O–H groups in total. The summed E-state index contributed by atoms with van der Waals surface area (Å²) in [6.07, 6.45) is 1.60. The summed E-state index contributed by atoms with van der Waals surface area (Å²) >= 11 is 6.03. The Hall–Kier alpha value is -2.07. The number of rotatable bonds is 2. The Kier molecular flexibility index (Phi) is 2.42. The zero-order valence-electron chi connectivity index (χ0n) is 8.75. The van der Waals surface area contributed by atoms with Crippen LogP contribution in [0, 0.1) is 0 Å². The minimum Gasteiger partial charge on any atom is -0.439 e. The summed E-state index contributed by atoms with van der Waals surface area (Å²) in [5.41, 5.74) is 0.731. The summed E-state index contributed by atoms with van der Waals surface area (Å²) in [4.78, 5) is 0. The van der Waals surface area contributed by atoms with E-state index < -0.39 is 0 Å². The first kappa shape index (κ1) is 10.1. The molecule has 2 aromatic heterocycles. The zero-order valence-corrected chi connectivity index (χ0v) is 9.50. The summed E-state index contributed by atoms with van der Waals surface area (Å²) in [5, 5.41) is 8.34. The van der Waals surface area contributed by atoms with Crippen LogP contribution in [0.2, 0.25) is 5.02 Å². The molecule has 0 aliphatic heterocycles. The molecule has 4 nitrogen and oxygen atoms in total. The largest absolute Gasteiger partial charge is 0.439 e. The third-order valence-corrected chi connectivity index (χ3v) is 2.66. The maximum Gasteiger partial charge on any atom is 0.207 e. The molecule has 2 heterocycles. The van der Waals surface area contributed by atoms with Crippen molar-refractivity contribution in [3.05, 3.63) is 53.8 Å². The highest BCUT2D eigenvalue weighted by molar-refractivity contribution is 6.32. The SMILES string of the molecule is Clc1ccccc1Oc1cccc2nncn12. The molecule has 3 aromatic rings. The lowest BCUT2D eigenvalue weighted by atomic mass is 10.3. The van der Waals surface area contributed by atoms with Crippen molar-refractivity contribution in [1.82, 2.24) is 14.6 Å². The summed E-state index contributed by atoms with van der Waals surface area (Å²) in [7, 11) is 0. The summed E-state index contributed by atoms with van der Waals surface area (Å²) in [6.45, 7) is 0. The van der Waals surface area contributed by atoms with E-state index in [0.717, 1.165) is 5.65 Å². The van der Waals surface area contributed by atoms with Gasteiger partial charge in [0.15, 0.2) is 5.65 Å². The fraction of sp³-hybridized carbons (Fsp3) is 0. The number of halogens is 1.